The highest BCUT2D eigenvalue weighted by atomic mass is 127. The van der Waals surface area contributed by atoms with Crippen LogP contribution < -0.4 is 0 Å². The van der Waals surface area contributed by atoms with Crippen molar-refractivity contribution in [1.82, 2.24) is 9.78 Å². The molecule has 0 bridgehead atoms. The molecule has 4 nitrogen and oxygen atoms in total. The maximum Gasteiger partial charge on any atom is 0.141 e. The Bertz CT molecular complexity index is 422. The van der Waals surface area contributed by atoms with Crippen molar-refractivity contribution in [2.45, 2.75) is 6.10 Å². The zero-order valence-corrected chi connectivity index (χ0v) is 9.67. The zero-order valence-electron chi connectivity index (χ0n) is 7.51. The summed E-state index contributed by atoms with van der Waals surface area (Å²) in [6, 6.07) is 3.50. The molecular formula is C9H9IN2O2. The summed E-state index contributed by atoms with van der Waals surface area (Å²) in [7, 11) is 1.83. The van der Waals surface area contributed by atoms with E-state index in [2.05, 4.69) is 27.7 Å². The maximum atomic E-state index is 9.92. The minimum atomic E-state index is -0.731. The Kier molecular flexibility index (Phi) is 2.60. The molecule has 0 fully saturated rings. The van der Waals surface area contributed by atoms with Crippen LogP contribution in [0.5, 0.6) is 0 Å². The van der Waals surface area contributed by atoms with Crippen molar-refractivity contribution in [3.63, 3.8) is 0 Å². The molecule has 0 amide bonds. The predicted molar refractivity (Wildman–Crippen MR) is 58.7 cm³/mol. The van der Waals surface area contributed by atoms with E-state index in [4.69, 9.17) is 4.42 Å². The lowest BCUT2D eigenvalue weighted by atomic mass is 10.1. The number of hydrogen-bond donors (Lipinski definition) is 1. The van der Waals surface area contributed by atoms with E-state index < -0.39 is 6.10 Å². The first-order valence-corrected chi connectivity index (χ1v) is 5.17. The lowest BCUT2D eigenvalue weighted by molar-refractivity contribution is 0.188. The van der Waals surface area contributed by atoms with Gasteiger partial charge in [-0.25, -0.2) is 0 Å². The summed E-state index contributed by atoms with van der Waals surface area (Å²) in [6.45, 7) is 0. The zero-order chi connectivity index (χ0) is 10.1. The van der Waals surface area contributed by atoms with Crippen LogP contribution in [0, 0.1) is 3.70 Å². The highest BCUT2D eigenvalue weighted by molar-refractivity contribution is 14.1. The Hall–Kier alpha value is -0.820. The molecule has 0 aromatic carbocycles. The van der Waals surface area contributed by atoms with E-state index >= 15 is 0 Å². The Morgan fingerprint density at radius 1 is 1.64 bits per heavy atom. The Balaban J connectivity index is 2.36. The molecule has 2 rings (SSSR count). The van der Waals surface area contributed by atoms with Gasteiger partial charge in [0.25, 0.3) is 0 Å². The van der Waals surface area contributed by atoms with Crippen molar-refractivity contribution in [2.24, 2.45) is 7.05 Å². The van der Waals surface area contributed by atoms with Crippen molar-refractivity contribution < 1.29 is 9.52 Å². The van der Waals surface area contributed by atoms with Crippen LogP contribution in [0.4, 0.5) is 0 Å². The van der Waals surface area contributed by atoms with Gasteiger partial charge < -0.3 is 9.52 Å². The van der Waals surface area contributed by atoms with Gasteiger partial charge in [-0.15, -0.1) is 0 Å². The third kappa shape index (κ3) is 1.57. The van der Waals surface area contributed by atoms with Gasteiger partial charge in [0.15, 0.2) is 0 Å². The number of aromatic nitrogens is 2. The summed E-state index contributed by atoms with van der Waals surface area (Å²) in [5.41, 5.74) is 0.767. The molecule has 2 aromatic heterocycles. The SMILES string of the molecule is Cn1ncc(C(O)c2ccco2)c1I. The van der Waals surface area contributed by atoms with E-state index in [-0.39, 0.29) is 0 Å². The van der Waals surface area contributed by atoms with Gasteiger partial charge in [-0.2, -0.15) is 5.10 Å². The van der Waals surface area contributed by atoms with Crippen molar-refractivity contribution in [2.75, 3.05) is 0 Å². The van der Waals surface area contributed by atoms with Crippen molar-refractivity contribution >= 4 is 22.6 Å². The monoisotopic (exact) mass is 304 g/mol. The molecule has 2 aromatic rings. The molecule has 0 aliphatic heterocycles. The first kappa shape index (κ1) is 9.72. The fourth-order valence-corrected chi connectivity index (χ4v) is 1.78. The highest BCUT2D eigenvalue weighted by Crippen LogP contribution is 2.25. The van der Waals surface area contributed by atoms with Gasteiger partial charge in [0, 0.05) is 12.6 Å². The average molecular weight is 304 g/mol. The van der Waals surface area contributed by atoms with Gasteiger partial charge in [0.2, 0.25) is 0 Å². The molecule has 1 unspecified atom stereocenters. The second-order valence-electron chi connectivity index (χ2n) is 2.93. The van der Waals surface area contributed by atoms with E-state index in [0.717, 1.165) is 9.26 Å². The van der Waals surface area contributed by atoms with E-state index in [0.29, 0.717) is 5.76 Å². The fourth-order valence-electron chi connectivity index (χ4n) is 1.22. The molecule has 0 aliphatic rings. The maximum absolute atomic E-state index is 9.92. The standard InChI is InChI=1S/C9H9IN2O2/c1-12-9(10)6(5-11-12)8(13)7-3-2-4-14-7/h2-5,8,13H,1H3. The molecule has 74 valence electrons. The molecule has 0 spiro atoms. The van der Waals surface area contributed by atoms with Crippen LogP contribution in [-0.4, -0.2) is 14.9 Å². The fraction of sp³-hybridized carbons (Fsp3) is 0.222. The van der Waals surface area contributed by atoms with E-state index in [1.54, 1.807) is 29.3 Å². The number of furan rings is 1. The van der Waals surface area contributed by atoms with Crippen LogP contribution in [0.3, 0.4) is 0 Å². The number of hydrogen-bond acceptors (Lipinski definition) is 3. The second-order valence-corrected chi connectivity index (χ2v) is 3.95. The molecule has 1 atom stereocenters. The van der Waals surface area contributed by atoms with Crippen LogP contribution in [-0.2, 0) is 7.05 Å². The smallest absolute Gasteiger partial charge is 0.141 e. The normalized spacial score (nSPS) is 13.1. The first-order valence-electron chi connectivity index (χ1n) is 4.09. The molecular weight excluding hydrogens is 295 g/mol. The quantitative estimate of drug-likeness (QED) is 0.859. The van der Waals surface area contributed by atoms with Gasteiger partial charge in [-0.3, -0.25) is 4.68 Å². The third-order valence-electron chi connectivity index (χ3n) is 2.00. The van der Waals surface area contributed by atoms with Crippen LogP contribution in [0.1, 0.15) is 17.4 Å². The summed E-state index contributed by atoms with van der Waals surface area (Å²) in [5.74, 6) is 0.538. The predicted octanol–water partition coefficient (Wildman–Crippen LogP) is 1.70. The van der Waals surface area contributed by atoms with E-state index in [1.165, 1.54) is 0 Å². The second kappa shape index (κ2) is 3.74. The van der Waals surface area contributed by atoms with Crippen molar-refractivity contribution in [3.8, 4) is 0 Å². The molecule has 0 saturated heterocycles. The largest absolute Gasteiger partial charge is 0.466 e. The topological polar surface area (TPSA) is 51.2 Å². The Morgan fingerprint density at radius 2 is 2.43 bits per heavy atom. The van der Waals surface area contributed by atoms with E-state index in [1.807, 2.05) is 7.05 Å². The van der Waals surface area contributed by atoms with Crippen LogP contribution in [0.15, 0.2) is 29.0 Å². The molecule has 0 radical (unpaired) electrons. The number of aliphatic hydroxyl groups excluding tert-OH is 1. The number of halogens is 1. The lowest BCUT2D eigenvalue weighted by Crippen LogP contribution is -2.00. The summed E-state index contributed by atoms with van der Waals surface area (Å²) in [4.78, 5) is 0. The number of aryl methyl sites for hydroxylation is 1. The highest BCUT2D eigenvalue weighted by Gasteiger charge is 2.18. The van der Waals surface area contributed by atoms with Crippen LogP contribution in [0.25, 0.3) is 0 Å². The van der Waals surface area contributed by atoms with E-state index in [9.17, 15) is 5.11 Å². The van der Waals surface area contributed by atoms with Gasteiger partial charge in [-0.1, -0.05) is 0 Å². The van der Waals surface area contributed by atoms with Gasteiger partial charge in [0.1, 0.15) is 15.6 Å². The average Bonchev–Trinajstić information content (AvgIpc) is 2.77. The summed E-state index contributed by atoms with van der Waals surface area (Å²) >= 11 is 2.14. The number of aliphatic hydroxyl groups is 1. The molecule has 5 heteroatoms. The summed E-state index contributed by atoms with van der Waals surface area (Å²) < 4.78 is 7.74. The molecule has 0 aliphatic carbocycles. The minimum absolute atomic E-state index is 0.538. The molecule has 14 heavy (non-hydrogen) atoms. The molecule has 2 heterocycles. The first-order chi connectivity index (χ1) is 6.70. The van der Waals surface area contributed by atoms with Gasteiger partial charge >= 0.3 is 0 Å². The third-order valence-corrected chi connectivity index (χ3v) is 3.32. The summed E-state index contributed by atoms with van der Waals surface area (Å²) in [5, 5.41) is 14.0. The molecule has 1 N–H and O–H groups in total. The van der Waals surface area contributed by atoms with Crippen molar-refractivity contribution in [3.05, 3.63) is 39.6 Å². The minimum Gasteiger partial charge on any atom is -0.466 e. The van der Waals surface area contributed by atoms with Crippen molar-refractivity contribution in [1.29, 1.82) is 0 Å². The number of nitrogens with zero attached hydrogens (tertiary/aromatic N) is 2. The molecule has 0 saturated carbocycles. The van der Waals surface area contributed by atoms with Crippen LogP contribution in [0.2, 0.25) is 0 Å². The Morgan fingerprint density at radius 3 is 2.93 bits per heavy atom. The van der Waals surface area contributed by atoms with Crippen LogP contribution >= 0.6 is 22.6 Å². The lowest BCUT2D eigenvalue weighted by Gasteiger charge is -2.05. The van der Waals surface area contributed by atoms with Gasteiger partial charge in [0.05, 0.1) is 12.5 Å². The Labute approximate surface area is 94.7 Å². The van der Waals surface area contributed by atoms with Gasteiger partial charge in [-0.05, 0) is 34.7 Å². The summed E-state index contributed by atoms with van der Waals surface area (Å²) in [6.07, 6.45) is 2.46. The number of rotatable bonds is 2.